The summed E-state index contributed by atoms with van der Waals surface area (Å²) in [4.78, 5) is 0. The fraction of sp³-hybridized carbons (Fsp3) is 0.818. The average molecular weight is 249 g/mol. The summed E-state index contributed by atoms with van der Waals surface area (Å²) in [5.41, 5.74) is 2.56. The number of allylic oxidation sites excluding steroid dienone is 2. The lowest BCUT2D eigenvalue weighted by Crippen LogP contribution is -2.14. The lowest BCUT2D eigenvalue weighted by atomic mass is 10.2. The summed E-state index contributed by atoms with van der Waals surface area (Å²) in [5, 5.41) is 10.7. The molecular weight excluding hydrogens is 219 g/mol. The van der Waals surface area contributed by atoms with E-state index in [0.717, 1.165) is 25.9 Å². The molecule has 0 radical (unpaired) electrons. The van der Waals surface area contributed by atoms with Gasteiger partial charge in [-0.2, -0.15) is 0 Å². The zero-order valence-electron chi connectivity index (χ0n) is 13.0. The van der Waals surface area contributed by atoms with Crippen LogP contribution in [-0.4, -0.2) is 27.7 Å². The fourth-order valence-electron chi connectivity index (χ4n) is 1.20. The number of hydrogen-bond acceptors (Lipinski definition) is 4. The van der Waals surface area contributed by atoms with E-state index < -0.39 is 0 Å². The van der Waals surface area contributed by atoms with Crippen molar-refractivity contribution in [1.29, 1.82) is 2.77 Å². The Labute approximate surface area is 109 Å². The van der Waals surface area contributed by atoms with Crippen LogP contribution < -0.4 is 10.6 Å². The Hall–Kier alpha value is -0.285. The average Bonchev–Trinajstić information content (AvgIpc) is 2.73. The minimum Gasteiger partial charge on any atom is -0.396 e. The molecule has 1 aliphatic rings. The quantitative estimate of drug-likeness (QED) is 0.342. The molecule has 16 heavy (non-hydrogen) atoms. The van der Waals surface area contributed by atoms with Crippen LogP contribution in [0.3, 0.4) is 0 Å². The van der Waals surface area contributed by atoms with Gasteiger partial charge in [0.2, 0.25) is 1.43 Å². The summed E-state index contributed by atoms with van der Waals surface area (Å²) in [5.74, 6) is 0. The molecule has 3 nitrogen and oxygen atoms in total. The number of aliphatic hydroxyl groups excluding tert-OH is 1. The van der Waals surface area contributed by atoms with Crippen molar-refractivity contribution in [1.82, 2.24) is 10.6 Å². The van der Waals surface area contributed by atoms with E-state index in [0.29, 0.717) is 6.61 Å². The predicted molar refractivity (Wildman–Crippen MR) is 78.1 cm³/mol. The zero-order chi connectivity index (χ0) is 14.4. The highest BCUT2D eigenvalue weighted by molar-refractivity contribution is 8.06. The molecule has 0 unspecified atom stereocenters. The number of rotatable bonds is 5. The highest BCUT2D eigenvalue weighted by Gasteiger charge is 2.06. The van der Waals surface area contributed by atoms with Gasteiger partial charge in [0.05, 0.1) is 6.67 Å². The van der Waals surface area contributed by atoms with Crippen LogP contribution in [-0.2, 0) is 0 Å². The molecule has 0 bridgehead atoms. The van der Waals surface area contributed by atoms with Crippen LogP contribution >= 0.6 is 12.5 Å². The monoisotopic (exact) mass is 249 g/mol. The van der Waals surface area contributed by atoms with Gasteiger partial charge in [0.15, 0.2) is 6.52 Å². The van der Waals surface area contributed by atoms with Crippen LogP contribution in [0.5, 0.6) is 0 Å². The molecule has 3 N–H and O–H groups in total. The van der Waals surface area contributed by atoms with Gasteiger partial charge in [-0.05, 0) is 27.5 Å². The van der Waals surface area contributed by atoms with Gasteiger partial charge >= 0.3 is 0 Å². The molecule has 1 heterocycles. The van der Waals surface area contributed by atoms with E-state index in [9.17, 15) is 0 Å². The molecule has 0 aromatic heterocycles. The fourth-order valence-corrected chi connectivity index (χ4v) is 1.20. The number of unbranched alkanes of at least 4 members (excludes halogenated alkanes) is 1. The van der Waals surface area contributed by atoms with E-state index in [1.807, 2.05) is 13.8 Å². The first-order chi connectivity index (χ1) is 8.57. The molecule has 0 aromatic carbocycles. The summed E-state index contributed by atoms with van der Waals surface area (Å²) in [6.45, 7) is 8.95. The Morgan fingerprint density at radius 1 is 1.56 bits per heavy atom. The minimum absolute atomic E-state index is 0.222. The first-order valence-corrected chi connectivity index (χ1v) is 6.45. The molecule has 96 valence electrons. The van der Waals surface area contributed by atoms with Gasteiger partial charge in [-0.3, -0.25) is 0 Å². The molecule has 5 heteroatoms. The maximum Gasteiger partial charge on any atom is 0.210 e. The van der Waals surface area contributed by atoms with Crippen LogP contribution in [0.2, 0.25) is 6.82 Å². The van der Waals surface area contributed by atoms with E-state index in [1.54, 1.807) is 6.82 Å². The maximum absolute atomic E-state index is 6.49. The van der Waals surface area contributed by atoms with Crippen LogP contribution in [0, 0.1) is 0 Å². The molecule has 0 spiro atoms. The molecular formula is C11H27BN2OS. The lowest BCUT2D eigenvalue weighted by molar-refractivity contribution is 0.284. The van der Waals surface area contributed by atoms with Crippen LogP contribution in [0.25, 0.3) is 0 Å². The molecule has 0 saturated heterocycles. The highest BCUT2D eigenvalue weighted by atomic mass is 32.1. The summed E-state index contributed by atoms with van der Waals surface area (Å²) in [6.07, 6.45) is 3.10. The molecule has 0 saturated carbocycles. The van der Waals surface area contributed by atoms with Crippen LogP contribution in [0.15, 0.2) is 11.4 Å². The van der Waals surface area contributed by atoms with E-state index in [4.69, 9.17) is 2.77 Å². The van der Waals surface area contributed by atoms with E-state index >= 15 is 0 Å². The summed E-state index contributed by atoms with van der Waals surface area (Å²) >= 11 is 3.63. The van der Waals surface area contributed by atoms with Gasteiger partial charge < -0.3 is 15.7 Å². The minimum atomic E-state index is -0.222. The standard InChI is InChI=1S/C8H16N2O.C2H6.CH5BS/c1-7-8(10-6-9-7)4-2-3-5-11;1-2;1-2-3/h9-11H,2-6H2,1H3;1-2H3;2-3H,1H3/i11T;;2D. The first kappa shape index (κ1) is 13.8. The van der Waals surface area contributed by atoms with Crippen molar-refractivity contribution in [2.75, 3.05) is 13.3 Å². The number of thiol groups is 1. The van der Waals surface area contributed by atoms with Gasteiger partial charge in [0.1, 0.15) is 0 Å². The first-order valence-electron chi connectivity index (χ1n) is 6.92. The molecule has 0 atom stereocenters. The maximum atomic E-state index is 6.49. The second-order valence-corrected chi connectivity index (χ2v) is 3.57. The van der Waals surface area contributed by atoms with Crippen molar-refractivity contribution in [3.8, 4) is 0 Å². The molecule has 1 rings (SSSR count). The second kappa shape index (κ2) is 14.7. The Bertz CT molecular complexity index is 216. The van der Waals surface area contributed by atoms with Gasteiger partial charge in [-0.25, -0.2) is 12.5 Å². The van der Waals surface area contributed by atoms with Gasteiger partial charge in [-0.1, -0.05) is 20.7 Å². The zero-order valence-corrected chi connectivity index (χ0v) is 11.9. The van der Waals surface area contributed by atoms with Crippen molar-refractivity contribution in [3.05, 3.63) is 11.4 Å². The Balaban J connectivity index is 0. The predicted octanol–water partition coefficient (Wildman–Crippen LogP) is 1.87. The SMILES string of the molecule is CC.[2H]B(C)S.[3H]OCCCCC1=C(C)NCN1. The largest absolute Gasteiger partial charge is 0.396 e. The summed E-state index contributed by atoms with van der Waals surface area (Å²) < 4.78 is 12.9. The van der Waals surface area contributed by atoms with Crippen LogP contribution in [0.4, 0.5) is 0 Å². The third-order valence-electron chi connectivity index (χ3n) is 1.93. The van der Waals surface area contributed by atoms with Crippen molar-refractivity contribution in [2.45, 2.75) is 46.9 Å². The van der Waals surface area contributed by atoms with E-state index in [1.165, 1.54) is 11.4 Å². The topological polar surface area (TPSA) is 44.3 Å². The number of nitrogens with one attached hydrogen (secondary N) is 2. The van der Waals surface area contributed by atoms with Gasteiger partial charge in [0.25, 0.3) is 0 Å². The third kappa shape index (κ3) is 10.2. The van der Waals surface area contributed by atoms with Crippen molar-refractivity contribution in [3.63, 3.8) is 0 Å². The van der Waals surface area contributed by atoms with Crippen LogP contribution in [0.1, 0.15) is 40.0 Å². The molecule has 0 amide bonds. The molecule has 1 aliphatic heterocycles. The highest BCUT2D eigenvalue weighted by Crippen LogP contribution is 2.10. The Kier molecular flexibility index (Phi) is 12.7. The van der Waals surface area contributed by atoms with Gasteiger partial charge in [0, 0.05) is 18.0 Å². The van der Waals surface area contributed by atoms with E-state index in [2.05, 4.69) is 35.1 Å². The molecule has 0 aliphatic carbocycles. The van der Waals surface area contributed by atoms with Crippen molar-refractivity contribution in [2.24, 2.45) is 0 Å². The van der Waals surface area contributed by atoms with Crippen molar-refractivity contribution >= 4 is 19.0 Å². The number of aliphatic hydroxyl groups is 1. The van der Waals surface area contributed by atoms with Crippen molar-refractivity contribution < 1.29 is 5.11 Å². The smallest absolute Gasteiger partial charge is 0.210 e. The second-order valence-electron chi connectivity index (χ2n) is 3.05. The Morgan fingerprint density at radius 3 is 2.62 bits per heavy atom. The lowest BCUT2D eigenvalue weighted by Gasteiger charge is -2.01. The summed E-state index contributed by atoms with van der Waals surface area (Å²) in [7, 11) is 0. The van der Waals surface area contributed by atoms with Gasteiger partial charge in [-0.15, -0.1) is 0 Å². The normalized spacial score (nSPS) is 14.3. The molecule has 0 aromatic rings. The summed E-state index contributed by atoms with van der Waals surface area (Å²) in [6, 6.07) is 0. The Morgan fingerprint density at radius 2 is 2.19 bits per heavy atom. The van der Waals surface area contributed by atoms with E-state index in [-0.39, 0.29) is 6.52 Å². The molecule has 0 fully saturated rings. The number of hydrogen-bond donors (Lipinski definition) is 4. The third-order valence-corrected chi connectivity index (χ3v) is 1.93.